The van der Waals surface area contributed by atoms with Gasteiger partial charge in [0.2, 0.25) is 0 Å². The molecular formula is C21H20N2O3S. The number of benzene rings is 2. The van der Waals surface area contributed by atoms with E-state index in [0.717, 1.165) is 41.5 Å². The van der Waals surface area contributed by atoms with E-state index in [2.05, 4.69) is 10.3 Å². The number of hydrogen-bond acceptors (Lipinski definition) is 5. The molecule has 0 saturated carbocycles. The molecule has 5 nitrogen and oxygen atoms in total. The average Bonchev–Trinajstić information content (AvgIpc) is 3.41. The number of carbonyl (C=O) groups excluding carboxylic acids is 1. The molecule has 1 aliphatic heterocycles. The van der Waals surface area contributed by atoms with Gasteiger partial charge in [0.05, 0.1) is 6.10 Å². The lowest BCUT2D eigenvalue weighted by Gasteiger charge is -2.12. The van der Waals surface area contributed by atoms with Crippen LogP contribution in [0, 0.1) is 0 Å². The Morgan fingerprint density at radius 1 is 1.19 bits per heavy atom. The molecule has 3 aromatic rings. The largest absolute Gasteiger partial charge is 0.491 e. The number of amides is 1. The molecule has 4 rings (SSSR count). The van der Waals surface area contributed by atoms with Crippen molar-refractivity contribution in [2.24, 2.45) is 0 Å². The van der Waals surface area contributed by atoms with Crippen molar-refractivity contribution in [3.63, 3.8) is 0 Å². The highest BCUT2D eigenvalue weighted by Gasteiger charge is 2.16. The first-order valence-corrected chi connectivity index (χ1v) is 9.82. The van der Waals surface area contributed by atoms with Crippen LogP contribution in [0.15, 0.2) is 60.1 Å². The number of nitrogens with zero attached hydrogens (tertiary/aromatic N) is 1. The minimum absolute atomic E-state index is 0.150. The summed E-state index contributed by atoms with van der Waals surface area (Å²) >= 11 is 1.59. The maximum Gasteiger partial charge on any atom is 0.255 e. The second kappa shape index (κ2) is 8.33. The SMILES string of the molecule is O=C(Nc1ccc(-c2nccs2)cc1)c1ccc(OCC2CCCO2)cc1. The van der Waals surface area contributed by atoms with Crippen molar-refractivity contribution in [2.45, 2.75) is 18.9 Å². The van der Waals surface area contributed by atoms with Crippen LogP contribution in [0.3, 0.4) is 0 Å². The van der Waals surface area contributed by atoms with Crippen molar-refractivity contribution in [3.05, 3.63) is 65.7 Å². The van der Waals surface area contributed by atoms with Crippen LogP contribution >= 0.6 is 11.3 Å². The van der Waals surface area contributed by atoms with Crippen LogP contribution in [-0.2, 0) is 4.74 Å². The van der Waals surface area contributed by atoms with E-state index in [-0.39, 0.29) is 12.0 Å². The van der Waals surface area contributed by atoms with Crippen molar-refractivity contribution in [1.82, 2.24) is 4.98 Å². The fourth-order valence-corrected chi connectivity index (χ4v) is 3.58. The second-order valence-corrected chi connectivity index (χ2v) is 7.23. The Hall–Kier alpha value is -2.70. The Kier molecular flexibility index (Phi) is 5.46. The number of carbonyl (C=O) groups is 1. The van der Waals surface area contributed by atoms with Crippen LogP contribution in [-0.4, -0.2) is 30.2 Å². The number of rotatable bonds is 6. The van der Waals surface area contributed by atoms with Gasteiger partial charge in [-0.25, -0.2) is 4.98 Å². The van der Waals surface area contributed by atoms with Gasteiger partial charge < -0.3 is 14.8 Å². The second-order valence-electron chi connectivity index (χ2n) is 6.34. The minimum Gasteiger partial charge on any atom is -0.491 e. The molecule has 1 saturated heterocycles. The third-order valence-corrected chi connectivity index (χ3v) is 5.22. The molecule has 27 heavy (non-hydrogen) atoms. The predicted octanol–water partition coefficient (Wildman–Crippen LogP) is 4.62. The molecule has 1 fully saturated rings. The van der Waals surface area contributed by atoms with Crippen molar-refractivity contribution >= 4 is 22.9 Å². The summed E-state index contributed by atoms with van der Waals surface area (Å²) in [4.78, 5) is 16.7. The van der Waals surface area contributed by atoms with Gasteiger partial charge in [0, 0.05) is 35.0 Å². The Morgan fingerprint density at radius 2 is 2.00 bits per heavy atom. The van der Waals surface area contributed by atoms with Crippen LogP contribution in [0.1, 0.15) is 23.2 Å². The van der Waals surface area contributed by atoms with Gasteiger partial charge in [-0.3, -0.25) is 4.79 Å². The summed E-state index contributed by atoms with van der Waals surface area (Å²) in [5.41, 5.74) is 2.37. The number of hydrogen-bond donors (Lipinski definition) is 1. The van der Waals surface area contributed by atoms with Crippen molar-refractivity contribution in [3.8, 4) is 16.3 Å². The first-order valence-electron chi connectivity index (χ1n) is 8.94. The zero-order valence-electron chi connectivity index (χ0n) is 14.8. The van der Waals surface area contributed by atoms with Gasteiger partial charge in [0.1, 0.15) is 17.4 Å². The van der Waals surface area contributed by atoms with E-state index in [0.29, 0.717) is 12.2 Å². The Balaban J connectivity index is 1.33. The number of anilines is 1. The topological polar surface area (TPSA) is 60.5 Å². The third-order valence-electron chi connectivity index (χ3n) is 4.40. The van der Waals surface area contributed by atoms with E-state index < -0.39 is 0 Å². The fourth-order valence-electron chi connectivity index (χ4n) is 2.93. The first-order chi connectivity index (χ1) is 13.3. The molecule has 0 spiro atoms. The van der Waals surface area contributed by atoms with E-state index in [9.17, 15) is 4.79 Å². The zero-order valence-corrected chi connectivity index (χ0v) is 15.6. The molecule has 1 aliphatic rings. The van der Waals surface area contributed by atoms with Crippen molar-refractivity contribution in [2.75, 3.05) is 18.5 Å². The smallest absolute Gasteiger partial charge is 0.255 e. The van der Waals surface area contributed by atoms with Gasteiger partial charge in [0.25, 0.3) is 5.91 Å². The van der Waals surface area contributed by atoms with Gasteiger partial charge in [-0.15, -0.1) is 11.3 Å². The first kappa shape index (κ1) is 17.7. The molecule has 0 aliphatic carbocycles. The quantitative estimate of drug-likeness (QED) is 0.678. The molecule has 6 heteroatoms. The van der Waals surface area contributed by atoms with Gasteiger partial charge in [-0.05, 0) is 61.4 Å². The molecule has 1 atom stereocenters. The van der Waals surface area contributed by atoms with Gasteiger partial charge >= 0.3 is 0 Å². The normalized spacial score (nSPS) is 16.2. The number of thiazole rings is 1. The van der Waals surface area contributed by atoms with Gasteiger partial charge in [-0.1, -0.05) is 0 Å². The highest BCUT2D eigenvalue weighted by molar-refractivity contribution is 7.13. The van der Waals surface area contributed by atoms with Crippen LogP contribution in [0.5, 0.6) is 5.75 Å². The molecule has 0 radical (unpaired) electrons. The molecule has 0 bridgehead atoms. The maximum atomic E-state index is 12.4. The van der Waals surface area contributed by atoms with E-state index >= 15 is 0 Å². The molecule has 2 aromatic carbocycles. The van der Waals surface area contributed by atoms with Crippen LogP contribution < -0.4 is 10.1 Å². The van der Waals surface area contributed by atoms with Crippen molar-refractivity contribution < 1.29 is 14.3 Å². The van der Waals surface area contributed by atoms with E-state index in [4.69, 9.17) is 9.47 Å². The highest BCUT2D eigenvalue weighted by Crippen LogP contribution is 2.23. The Labute approximate surface area is 162 Å². The lowest BCUT2D eigenvalue weighted by atomic mass is 10.2. The number of aromatic nitrogens is 1. The summed E-state index contributed by atoms with van der Waals surface area (Å²) in [6, 6.07) is 14.8. The number of ether oxygens (including phenoxy) is 2. The minimum atomic E-state index is -0.150. The van der Waals surface area contributed by atoms with Crippen LogP contribution in [0.25, 0.3) is 10.6 Å². The summed E-state index contributed by atoms with van der Waals surface area (Å²) < 4.78 is 11.3. The van der Waals surface area contributed by atoms with E-state index in [1.54, 1.807) is 29.7 Å². The monoisotopic (exact) mass is 380 g/mol. The van der Waals surface area contributed by atoms with Crippen molar-refractivity contribution in [1.29, 1.82) is 0 Å². The zero-order chi connectivity index (χ0) is 18.5. The standard InChI is InChI=1S/C21H20N2O3S/c24-20(23-17-7-3-16(4-8-17)21-22-11-13-27-21)15-5-9-18(10-6-15)26-14-19-2-1-12-25-19/h3-11,13,19H,1-2,12,14H2,(H,23,24). The molecule has 138 valence electrons. The van der Waals surface area contributed by atoms with Crippen LogP contribution in [0.2, 0.25) is 0 Å². The molecule has 1 aromatic heterocycles. The Morgan fingerprint density at radius 3 is 2.67 bits per heavy atom. The Bertz CT molecular complexity index is 871. The molecule has 1 unspecified atom stereocenters. The molecule has 1 amide bonds. The van der Waals surface area contributed by atoms with E-state index in [1.807, 2.05) is 41.8 Å². The van der Waals surface area contributed by atoms with Gasteiger partial charge in [-0.2, -0.15) is 0 Å². The lowest BCUT2D eigenvalue weighted by Crippen LogP contribution is -2.16. The predicted molar refractivity (Wildman–Crippen MR) is 106 cm³/mol. The summed E-state index contributed by atoms with van der Waals surface area (Å²) in [6.45, 7) is 1.37. The van der Waals surface area contributed by atoms with E-state index in [1.165, 1.54) is 0 Å². The summed E-state index contributed by atoms with van der Waals surface area (Å²) in [6.07, 6.45) is 4.10. The summed E-state index contributed by atoms with van der Waals surface area (Å²) in [5.74, 6) is 0.595. The summed E-state index contributed by atoms with van der Waals surface area (Å²) in [5, 5.41) is 5.82. The number of nitrogens with one attached hydrogen (secondary N) is 1. The fraction of sp³-hybridized carbons (Fsp3) is 0.238. The van der Waals surface area contributed by atoms with Gasteiger partial charge in [0.15, 0.2) is 0 Å². The highest BCUT2D eigenvalue weighted by atomic mass is 32.1. The van der Waals surface area contributed by atoms with Crippen LogP contribution in [0.4, 0.5) is 5.69 Å². The summed E-state index contributed by atoms with van der Waals surface area (Å²) in [7, 11) is 0. The molecular weight excluding hydrogens is 360 g/mol. The average molecular weight is 380 g/mol. The third kappa shape index (κ3) is 4.53. The maximum absolute atomic E-state index is 12.4. The molecule has 2 heterocycles. The lowest BCUT2D eigenvalue weighted by molar-refractivity contribution is 0.0679. The molecule has 1 N–H and O–H groups in total.